The SMILES string of the molecule is NC=C(C=NCC1CC1)CCC(O)c1ccc(F)cc1Br. The molecule has 0 bridgehead atoms. The number of hydrogen-bond acceptors (Lipinski definition) is 3. The van der Waals surface area contributed by atoms with Gasteiger partial charge in [-0.2, -0.15) is 0 Å². The number of aliphatic hydroxyl groups excluding tert-OH is 1. The lowest BCUT2D eigenvalue weighted by Gasteiger charge is -2.13. The molecular weight excluding hydrogens is 335 g/mol. The van der Waals surface area contributed by atoms with Crippen LogP contribution in [0.2, 0.25) is 0 Å². The first-order chi connectivity index (χ1) is 10.1. The highest BCUT2D eigenvalue weighted by molar-refractivity contribution is 9.10. The van der Waals surface area contributed by atoms with Gasteiger partial charge < -0.3 is 10.8 Å². The minimum absolute atomic E-state index is 0.326. The summed E-state index contributed by atoms with van der Waals surface area (Å²) in [7, 11) is 0. The number of nitrogens with zero attached hydrogens (tertiary/aromatic N) is 1. The first kappa shape index (κ1) is 16.2. The number of nitrogens with two attached hydrogens (primary N) is 1. The van der Waals surface area contributed by atoms with E-state index in [0.29, 0.717) is 22.9 Å². The van der Waals surface area contributed by atoms with Crippen molar-refractivity contribution < 1.29 is 9.50 Å². The molecule has 0 saturated heterocycles. The number of hydrogen-bond donors (Lipinski definition) is 2. The van der Waals surface area contributed by atoms with Gasteiger partial charge in [0.1, 0.15) is 5.82 Å². The zero-order valence-corrected chi connectivity index (χ0v) is 13.4. The third kappa shape index (κ3) is 5.25. The molecule has 1 aliphatic rings. The summed E-state index contributed by atoms with van der Waals surface area (Å²) in [5, 5.41) is 10.2. The summed E-state index contributed by atoms with van der Waals surface area (Å²) in [5.41, 5.74) is 7.18. The second-order valence-corrected chi connectivity index (χ2v) is 6.25. The highest BCUT2D eigenvalue weighted by atomic mass is 79.9. The summed E-state index contributed by atoms with van der Waals surface area (Å²) in [6.07, 6.45) is 6.37. The van der Waals surface area contributed by atoms with E-state index in [9.17, 15) is 9.50 Å². The van der Waals surface area contributed by atoms with Crippen LogP contribution in [-0.2, 0) is 0 Å². The Morgan fingerprint density at radius 3 is 2.90 bits per heavy atom. The Morgan fingerprint density at radius 1 is 1.52 bits per heavy atom. The van der Waals surface area contributed by atoms with Crippen LogP contribution in [0, 0.1) is 11.7 Å². The molecular formula is C16H20BrFN2O. The van der Waals surface area contributed by atoms with Crippen molar-refractivity contribution in [3.63, 3.8) is 0 Å². The minimum atomic E-state index is -0.660. The maximum atomic E-state index is 13.0. The van der Waals surface area contributed by atoms with Crippen molar-refractivity contribution in [3.8, 4) is 0 Å². The van der Waals surface area contributed by atoms with Crippen molar-refractivity contribution in [1.82, 2.24) is 0 Å². The lowest BCUT2D eigenvalue weighted by atomic mass is 10.0. The summed E-state index contributed by atoms with van der Waals surface area (Å²) >= 11 is 3.27. The van der Waals surface area contributed by atoms with Crippen molar-refractivity contribution in [2.45, 2.75) is 31.8 Å². The van der Waals surface area contributed by atoms with E-state index in [1.165, 1.54) is 31.2 Å². The Kier molecular flexibility index (Phi) is 5.94. The van der Waals surface area contributed by atoms with Gasteiger partial charge in [0.15, 0.2) is 0 Å². The third-order valence-corrected chi connectivity index (χ3v) is 4.25. The number of aliphatic imine (C=N–C) groups is 1. The maximum Gasteiger partial charge on any atom is 0.124 e. The highest BCUT2D eigenvalue weighted by Gasteiger charge is 2.19. The van der Waals surface area contributed by atoms with Gasteiger partial charge in [0, 0.05) is 17.2 Å². The summed E-state index contributed by atoms with van der Waals surface area (Å²) in [4.78, 5) is 4.37. The Balaban J connectivity index is 1.86. The van der Waals surface area contributed by atoms with E-state index in [4.69, 9.17) is 5.73 Å². The fourth-order valence-corrected chi connectivity index (χ4v) is 2.66. The zero-order valence-electron chi connectivity index (χ0n) is 11.8. The molecule has 114 valence electrons. The fourth-order valence-electron chi connectivity index (χ4n) is 2.04. The molecule has 0 amide bonds. The van der Waals surface area contributed by atoms with Crippen LogP contribution in [0.25, 0.3) is 0 Å². The topological polar surface area (TPSA) is 58.6 Å². The molecule has 1 aliphatic carbocycles. The third-order valence-electron chi connectivity index (χ3n) is 3.56. The largest absolute Gasteiger partial charge is 0.404 e. The van der Waals surface area contributed by atoms with Crippen LogP contribution < -0.4 is 5.73 Å². The highest BCUT2D eigenvalue weighted by Crippen LogP contribution is 2.29. The monoisotopic (exact) mass is 354 g/mol. The van der Waals surface area contributed by atoms with E-state index < -0.39 is 6.10 Å². The number of rotatable bonds is 7. The van der Waals surface area contributed by atoms with Crippen LogP contribution in [0.5, 0.6) is 0 Å². The molecule has 1 aromatic rings. The minimum Gasteiger partial charge on any atom is -0.404 e. The quantitative estimate of drug-likeness (QED) is 0.733. The van der Waals surface area contributed by atoms with E-state index in [1.807, 2.05) is 0 Å². The van der Waals surface area contributed by atoms with Crippen LogP contribution in [-0.4, -0.2) is 17.9 Å². The summed E-state index contributed by atoms with van der Waals surface area (Å²) in [6, 6.07) is 4.30. The summed E-state index contributed by atoms with van der Waals surface area (Å²) < 4.78 is 13.6. The molecule has 3 N–H and O–H groups in total. The van der Waals surface area contributed by atoms with Crippen molar-refractivity contribution in [3.05, 3.63) is 45.8 Å². The molecule has 1 fully saturated rings. The average molecular weight is 355 g/mol. The van der Waals surface area contributed by atoms with E-state index >= 15 is 0 Å². The van der Waals surface area contributed by atoms with Gasteiger partial charge in [-0.15, -0.1) is 0 Å². The van der Waals surface area contributed by atoms with Crippen molar-refractivity contribution >= 4 is 22.1 Å². The Morgan fingerprint density at radius 2 is 2.29 bits per heavy atom. The van der Waals surface area contributed by atoms with E-state index in [0.717, 1.165) is 18.0 Å². The predicted octanol–water partition coefficient (Wildman–Crippen LogP) is 3.73. The molecule has 0 radical (unpaired) electrons. The second-order valence-electron chi connectivity index (χ2n) is 5.40. The summed E-state index contributed by atoms with van der Waals surface area (Å²) in [5.74, 6) is 0.425. The van der Waals surface area contributed by atoms with Crippen molar-refractivity contribution in [2.24, 2.45) is 16.6 Å². The lowest BCUT2D eigenvalue weighted by Crippen LogP contribution is -2.02. The molecule has 2 rings (SSSR count). The van der Waals surface area contributed by atoms with E-state index in [2.05, 4.69) is 20.9 Å². The Hall–Kier alpha value is -1.20. The first-order valence-electron chi connectivity index (χ1n) is 7.13. The molecule has 0 heterocycles. The van der Waals surface area contributed by atoms with Gasteiger partial charge >= 0.3 is 0 Å². The molecule has 1 unspecified atom stereocenters. The molecule has 0 aromatic heterocycles. The lowest BCUT2D eigenvalue weighted by molar-refractivity contribution is 0.167. The molecule has 0 aliphatic heterocycles. The van der Waals surface area contributed by atoms with Gasteiger partial charge in [0.05, 0.1) is 6.10 Å². The van der Waals surface area contributed by atoms with Crippen LogP contribution in [0.3, 0.4) is 0 Å². The van der Waals surface area contributed by atoms with Crippen LogP contribution in [0.4, 0.5) is 4.39 Å². The fraction of sp³-hybridized carbons (Fsp3) is 0.438. The van der Waals surface area contributed by atoms with Crippen molar-refractivity contribution in [1.29, 1.82) is 0 Å². The smallest absolute Gasteiger partial charge is 0.124 e. The summed E-state index contributed by atoms with van der Waals surface area (Å²) in [6.45, 7) is 0.864. The molecule has 1 aromatic carbocycles. The van der Waals surface area contributed by atoms with E-state index in [-0.39, 0.29) is 5.82 Å². The van der Waals surface area contributed by atoms with Gasteiger partial charge in [-0.25, -0.2) is 4.39 Å². The number of aliphatic hydroxyl groups is 1. The first-order valence-corrected chi connectivity index (χ1v) is 7.93. The van der Waals surface area contributed by atoms with Gasteiger partial charge in [0.2, 0.25) is 0 Å². The van der Waals surface area contributed by atoms with E-state index in [1.54, 1.807) is 12.3 Å². The average Bonchev–Trinajstić information content (AvgIpc) is 3.26. The van der Waals surface area contributed by atoms with Crippen molar-refractivity contribution in [2.75, 3.05) is 6.54 Å². The number of halogens is 2. The molecule has 21 heavy (non-hydrogen) atoms. The van der Waals surface area contributed by atoms with Crippen LogP contribution >= 0.6 is 15.9 Å². The standard InChI is InChI=1S/C16H20BrFN2O/c17-15-7-13(18)4-5-14(15)16(21)6-3-12(8-19)10-20-9-11-1-2-11/h4-5,7-8,10-11,16,21H,1-3,6,9,19H2. The maximum absolute atomic E-state index is 13.0. The van der Waals surface area contributed by atoms with Gasteiger partial charge in [-0.1, -0.05) is 22.0 Å². The van der Waals surface area contributed by atoms with Gasteiger partial charge in [-0.05, 0) is 61.1 Å². The Labute approximate surface area is 132 Å². The van der Waals surface area contributed by atoms with Gasteiger partial charge in [-0.3, -0.25) is 4.99 Å². The molecule has 3 nitrogen and oxygen atoms in total. The molecule has 1 saturated carbocycles. The van der Waals surface area contributed by atoms with Crippen LogP contribution in [0.15, 0.2) is 39.4 Å². The number of allylic oxidation sites excluding steroid dienone is 1. The molecule has 0 spiro atoms. The van der Waals surface area contributed by atoms with Crippen LogP contribution in [0.1, 0.15) is 37.4 Å². The predicted molar refractivity (Wildman–Crippen MR) is 86.6 cm³/mol. The second kappa shape index (κ2) is 7.71. The molecule has 1 atom stereocenters. The number of benzene rings is 1. The zero-order chi connectivity index (χ0) is 15.2. The normalized spacial score (nSPS) is 17.4. The Bertz CT molecular complexity index is 541. The van der Waals surface area contributed by atoms with Gasteiger partial charge in [0.25, 0.3) is 0 Å². The molecule has 5 heteroatoms.